The molecule has 1 aromatic rings. The van der Waals surface area contributed by atoms with Crippen molar-refractivity contribution < 1.29 is 22.7 Å². The highest BCUT2D eigenvalue weighted by Crippen LogP contribution is 2.32. The second kappa shape index (κ2) is 5.27. The summed E-state index contributed by atoms with van der Waals surface area (Å²) in [6.45, 7) is 1.92. The number of nitrogens with one attached hydrogen (secondary N) is 1. The van der Waals surface area contributed by atoms with Crippen molar-refractivity contribution in [1.29, 1.82) is 0 Å². The zero-order valence-electron chi connectivity index (χ0n) is 10.7. The molecular weight excluding hydrogens is 339 g/mol. The molecule has 0 bridgehead atoms. The largest absolute Gasteiger partial charge is 0.573 e. The van der Waals surface area contributed by atoms with E-state index in [9.17, 15) is 18.0 Å². The molecule has 0 saturated heterocycles. The summed E-state index contributed by atoms with van der Waals surface area (Å²) in [7, 11) is 0. The van der Waals surface area contributed by atoms with Gasteiger partial charge >= 0.3 is 6.36 Å². The lowest BCUT2D eigenvalue weighted by molar-refractivity contribution is -0.274. The first-order valence-electron chi connectivity index (χ1n) is 6.06. The molecule has 0 aromatic heterocycles. The van der Waals surface area contributed by atoms with Crippen LogP contribution in [0.1, 0.15) is 36.5 Å². The summed E-state index contributed by atoms with van der Waals surface area (Å²) >= 11 is 3.16. The molecule has 1 saturated carbocycles. The molecule has 1 fully saturated rings. The standard InChI is InChI=1S/C13H13BrF3NO2/c1-12(5-2-6-12)18-11(19)9-7-8(3-4-10(9)14)20-13(15,16)17/h3-4,7H,2,5-6H2,1H3,(H,18,19). The van der Waals surface area contributed by atoms with Crippen molar-refractivity contribution in [3.63, 3.8) is 0 Å². The van der Waals surface area contributed by atoms with E-state index in [0.717, 1.165) is 31.4 Å². The molecule has 0 heterocycles. The first-order chi connectivity index (χ1) is 9.19. The Labute approximate surface area is 122 Å². The third kappa shape index (κ3) is 3.65. The molecule has 1 amide bonds. The maximum atomic E-state index is 12.2. The lowest BCUT2D eigenvalue weighted by atomic mass is 9.78. The fourth-order valence-electron chi connectivity index (χ4n) is 2.05. The number of ether oxygens (including phenoxy) is 1. The normalized spacial score (nSPS) is 17.2. The fraction of sp³-hybridized carbons (Fsp3) is 0.462. The van der Waals surface area contributed by atoms with Crippen LogP contribution in [-0.4, -0.2) is 17.8 Å². The number of halogens is 4. The van der Waals surface area contributed by atoms with E-state index in [4.69, 9.17) is 0 Å². The quantitative estimate of drug-likeness (QED) is 0.892. The second-order valence-electron chi connectivity index (χ2n) is 5.06. The van der Waals surface area contributed by atoms with E-state index < -0.39 is 18.0 Å². The van der Waals surface area contributed by atoms with Gasteiger partial charge in [0.1, 0.15) is 5.75 Å². The lowest BCUT2D eigenvalue weighted by Gasteiger charge is -2.39. The predicted molar refractivity (Wildman–Crippen MR) is 70.5 cm³/mol. The molecular formula is C13H13BrF3NO2. The van der Waals surface area contributed by atoms with Crippen molar-refractivity contribution in [3.05, 3.63) is 28.2 Å². The van der Waals surface area contributed by atoms with Gasteiger partial charge in [-0.1, -0.05) is 0 Å². The van der Waals surface area contributed by atoms with Crippen LogP contribution in [0.2, 0.25) is 0 Å². The van der Waals surface area contributed by atoms with Crippen LogP contribution in [0.15, 0.2) is 22.7 Å². The zero-order chi connectivity index (χ0) is 15.0. The number of hydrogen-bond acceptors (Lipinski definition) is 2. The third-order valence-corrected chi connectivity index (χ3v) is 3.98. The number of benzene rings is 1. The Hall–Kier alpha value is -1.24. The summed E-state index contributed by atoms with van der Waals surface area (Å²) in [6, 6.07) is 3.59. The van der Waals surface area contributed by atoms with Gasteiger partial charge < -0.3 is 10.1 Å². The van der Waals surface area contributed by atoms with Gasteiger partial charge in [-0.3, -0.25) is 4.79 Å². The summed E-state index contributed by atoms with van der Waals surface area (Å²) < 4.78 is 40.8. The smallest absolute Gasteiger partial charge is 0.406 e. The number of amides is 1. The molecule has 0 atom stereocenters. The highest BCUT2D eigenvalue weighted by atomic mass is 79.9. The number of carbonyl (C=O) groups is 1. The van der Waals surface area contributed by atoms with E-state index in [1.807, 2.05) is 6.92 Å². The molecule has 20 heavy (non-hydrogen) atoms. The number of hydrogen-bond donors (Lipinski definition) is 1. The molecule has 1 N–H and O–H groups in total. The molecule has 1 aromatic carbocycles. The molecule has 0 aliphatic heterocycles. The van der Waals surface area contributed by atoms with Crippen LogP contribution >= 0.6 is 15.9 Å². The van der Waals surface area contributed by atoms with Gasteiger partial charge in [0.25, 0.3) is 5.91 Å². The van der Waals surface area contributed by atoms with Gasteiger partial charge in [-0.15, -0.1) is 13.2 Å². The van der Waals surface area contributed by atoms with Crippen LogP contribution in [-0.2, 0) is 0 Å². The minimum Gasteiger partial charge on any atom is -0.406 e. The Kier molecular flexibility index (Phi) is 4.00. The summed E-state index contributed by atoms with van der Waals surface area (Å²) in [5.74, 6) is -0.823. The van der Waals surface area contributed by atoms with Crippen LogP contribution in [0.5, 0.6) is 5.75 Å². The van der Waals surface area contributed by atoms with Crippen molar-refractivity contribution in [1.82, 2.24) is 5.32 Å². The van der Waals surface area contributed by atoms with Crippen LogP contribution in [0.4, 0.5) is 13.2 Å². The van der Waals surface area contributed by atoms with Gasteiger partial charge in [0.2, 0.25) is 0 Å². The SMILES string of the molecule is CC1(NC(=O)c2cc(OC(F)(F)F)ccc2Br)CCC1. The lowest BCUT2D eigenvalue weighted by Crippen LogP contribution is -2.51. The highest BCUT2D eigenvalue weighted by molar-refractivity contribution is 9.10. The molecule has 0 radical (unpaired) electrons. The maximum Gasteiger partial charge on any atom is 0.573 e. The van der Waals surface area contributed by atoms with E-state index in [2.05, 4.69) is 26.0 Å². The summed E-state index contributed by atoms with van der Waals surface area (Å²) in [6.07, 6.45) is -2.00. The molecule has 0 unspecified atom stereocenters. The van der Waals surface area contributed by atoms with Crippen molar-refractivity contribution in [3.8, 4) is 5.75 Å². The second-order valence-corrected chi connectivity index (χ2v) is 5.91. The molecule has 1 aliphatic rings. The summed E-state index contributed by atoms with van der Waals surface area (Å²) in [4.78, 5) is 12.1. The van der Waals surface area contributed by atoms with Gasteiger partial charge in [-0.2, -0.15) is 0 Å². The number of alkyl halides is 3. The van der Waals surface area contributed by atoms with E-state index in [-0.39, 0.29) is 11.1 Å². The summed E-state index contributed by atoms with van der Waals surface area (Å²) in [5.41, 5.74) is -0.142. The first-order valence-corrected chi connectivity index (χ1v) is 6.86. The number of carbonyl (C=O) groups excluding carboxylic acids is 1. The molecule has 2 rings (SSSR count). The molecule has 110 valence electrons. The third-order valence-electron chi connectivity index (χ3n) is 3.29. The van der Waals surface area contributed by atoms with E-state index in [0.29, 0.717) is 4.47 Å². The topological polar surface area (TPSA) is 38.3 Å². The average Bonchev–Trinajstić information content (AvgIpc) is 2.27. The monoisotopic (exact) mass is 351 g/mol. The molecule has 0 spiro atoms. The predicted octanol–water partition coefficient (Wildman–Crippen LogP) is 4.02. The average molecular weight is 352 g/mol. The van der Waals surface area contributed by atoms with Crippen LogP contribution in [0.3, 0.4) is 0 Å². The van der Waals surface area contributed by atoms with Gasteiger partial charge in [-0.25, -0.2) is 0 Å². The Balaban J connectivity index is 2.17. The van der Waals surface area contributed by atoms with Crippen LogP contribution in [0, 0.1) is 0 Å². The fourth-order valence-corrected chi connectivity index (χ4v) is 2.48. The first kappa shape index (κ1) is 15.2. The zero-order valence-corrected chi connectivity index (χ0v) is 12.3. The van der Waals surface area contributed by atoms with Crippen LogP contribution in [0.25, 0.3) is 0 Å². The highest BCUT2D eigenvalue weighted by Gasteiger charge is 2.34. The van der Waals surface area contributed by atoms with Crippen molar-refractivity contribution in [2.45, 2.75) is 38.1 Å². The maximum absolute atomic E-state index is 12.2. The minimum atomic E-state index is -4.78. The minimum absolute atomic E-state index is 0.125. The Morgan fingerprint density at radius 2 is 2.05 bits per heavy atom. The Morgan fingerprint density at radius 3 is 2.55 bits per heavy atom. The van der Waals surface area contributed by atoms with Crippen molar-refractivity contribution in [2.75, 3.05) is 0 Å². The molecule has 7 heteroatoms. The van der Waals surface area contributed by atoms with Gasteiger partial charge in [0.05, 0.1) is 5.56 Å². The Bertz CT molecular complexity index is 527. The van der Waals surface area contributed by atoms with E-state index >= 15 is 0 Å². The molecule has 1 aliphatic carbocycles. The van der Waals surface area contributed by atoms with Crippen molar-refractivity contribution >= 4 is 21.8 Å². The number of rotatable bonds is 3. The summed E-state index contributed by atoms with van der Waals surface area (Å²) in [5, 5.41) is 2.83. The molecule has 3 nitrogen and oxygen atoms in total. The Morgan fingerprint density at radius 1 is 1.40 bits per heavy atom. The van der Waals surface area contributed by atoms with Gasteiger partial charge in [0.15, 0.2) is 0 Å². The van der Waals surface area contributed by atoms with Gasteiger partial charge in [0, 0.05) is 10.0 Å². The van der Waals surface area contributed by atoms with E-state index in [1.54, 1.807) is 0 Å². The van der Waals surface area contributed by atoms with E-state index in [1.165, 1.54) is 6.07 Å². The van der Waals surface area contributed by atoms with Gasteiger partial charge in [-0.05, 0) is 60.3 Å². The van der Waals surface area contributed by atoms with Crippen LogP contribution < -0.4 is 10.1 Å². The van der Waals surface area contributed by atoms with Crippen molar-refractivity contribution in [2.24, 2.45) is 0 Å².